The van der Waals surface area contributed by atoms with Gasteiger partial charge in [0.05, 0.1) is 13.7 Å². The largest absolute Gasteiger partial charge is 0.493 e. The molecular formula is C12H18BrNO2. The van der Waals surface area contributed by atoms with Gasteiger partial charge in [0.1, 0.15) is 0 Å². The molecule has 0 aliphatic heterocycles. The summed E-state index contributed by atoms with van der Waals surface area (Å²) in [5.74, 6) is 1.51. The van der Waals surface area contributed by atoms with E-state index < -0.39 is 0 Å². The van der Waals surface area contributed by atoms with Crippen LogP contribution in [-0.2, 0) is 6.42 Å². The molecule has 0 aliphatic carbocycles. The number of hydrogen-bond acceptors (Lipinski definition) is 3. The van der Waals surface area contributed by atoms with Gasteiger partial charge in [0.2, 0.25) is 0 Å². The molecule has 3 nitrogen and oxygen atoms in total. The van der Waals surface area contributed by atoms with Gasteiger partial charge in [-0.1, -0.05) is 15.9 Å². The van der Waals surface area contributed by atoms with Crippen molar-refractivity contribution >= 4 is 15.9 Å². The molecule has 1 aromatic rings. The lowest BCUT2D eigenvalue weighted by molar-refractivity contribution is 0.310. The molecule has 16 heavy (non-hydrogen) atoms. The second-order valence-electron chi connectivity index (χ2n) is 3.71. The summed E-state index contributed by atoms with van der Waals surface area (Å²) < 4.78 is 11.8. The number of ether oxygens (including phenoxy) is 2. The van der Waals surface area contributed by atoms with Gasteiger partial charge in [0.15, 0.2) is 11.5 Å². The molecule has 1 unspecified atom stereocenters. The van der Waals surface area contributed by atoms with Crippen LogP contribution in [0.15, 0.2) is 16.6 Å². The number of nitrogens with two attached hydrogens (primary N) is 1. The Morgan fingerprint density at radius 3 is 2.56 bits per heavy atom. The summed E-state index contributed by atoms with van der Waals surface area (Å²) in [6.45, 7) is 4.55. The van der Waals surface area contributed by atoms with E-state index in [1.807, 2.05) is 26.0 Å². The monoisotopic (exact) mass is 287 g/mol. The highest BCUT2D eigenvalue weighted by Crippen LogP contribution is 2.33. The number of halogens is 1. The first-order valence-corrected chi connectivity index (χ1v) is 6.12. The van der Waals surface area contributed by atoms with Gasteiger partial charge in [-0.3, -0.25) is 0 Å². The van der Waals surface area contributed by atoms with Gasteiger partial charge in [-0.25, -0.2) is 0 Å². The summed E-state index contributed by atoms with van der Waals surface area (Å²) in [6.07, 6.45) is 0.809. The third kappa shape index (κ3) is 3.39. The van der Waals surface area contributed by atoms with Gasteiger partial charge in [0, 0.05) is 10.5 Å². The van der Waals surface area contributed by atoms with Crippen LogP contribution in [0.5, 0.6) is 11.5 Å². The average Bonchev–Trinajstić information content (AvgIpc) is 2.21. The summed E-state index contributed by atoms with van der Waals surface area (Å²) in [7, 11) is 1.64. The Balaban J connectivity index is 3.04. The van der Waals surface area contributed by atoms with E-state index in [4.69, 9.17) is 15.2 Å². The van der Waals surface area contributed by atoms with E-state index >= 15 is 0 Å². The van der Waals surface area contributed by atoms with Crippen molar-refractivity contribution < 1.29 is 9.47 Å². The minimum atomic E-state index is 0.124. The normalized spacial score (nSPS) is 12.3. The van der Waals surface area contributed by atoms with Crippen molar-refractivity contribution in [3.8, 4) is 11.5 Å². The molecule has 0 bridgehead atoms. The second-order valence-corrected chi connectivity index (χ2v) is 4.56. The third-order valence-electron chi connectivity index (χ3n) is 2.17. The lowest BCUT2D eigenvalue weighted by atomic mass is 10.1. The van der Waals surface area contributed by atoms with Crippen molar-refractivity contribution in [1.29, 1.82) is 0 Å². The van der Waals surface area contributed by atoms with E-state index in [1.165, 1.54) is 0 Å². The third-order valence-corrected chi connectivity index (χ3v) is 2.91. The topological polar surface area (TPSA) is 44.5 Å². The van der Waals surface area contributed by atoms with Crippen molar-refractivity contribution in [2.45, 2.75) is 26.3 Å². The number of methoxy groups -OCH3 is 1. The Kier molecular flexibility index (Phi) is 5.09. The molecule has 0 radical (unpaired) electrons. The van der Waals surface area contributed by atoms with E-state index in [2.05, 4.69) is 15.9 Å². The molecule has 1 rings (SSSR count). The highest BCUT2D eigenvalue weighted by molar-refractivity contribution is 9.10. The molecule has 0 saturated heterocycles. The van der Waals surface area contributed by atoms with Crippen LogP contribution in [-0.4, -0.2) is 19.8 Å². The first-order valence-electron chi connectivity index (χ1n) is 5.33. The van der Waals surface area contributed by atoms with Crippen LogP contribution in [0, 0.1) is 0 Å². The zero-order valence-electron chi connectivity index (χ0n) is 9.92. The van der Waals surface area contributed by atoms with Crippen LogP contribution in [0.25, 0.3) is 0 Å². The van der Waals surface area contributed by atoms with Crippen LogP contribution >= 0.6 is 15.9 Å². The van der Waals surface area contributed by atoms with Crippen molar-refractivity contribution in [3.63, 3.8) is 0 Å². The highest BCUT2D eigenvalue weighted by Gasteiger charge is 2.11. The zero-order chi connectivity index (χ0) is 12.1. The fraction of sp³-hybridized carbons (Fsp3) is 0.500. The van der Waals surface area contributed by atoms with Crippen LogP contribution in [0.1, 0.15) is 19.4 Å². The fourth-order valence-electron chi connectivity index (χ4n) is 1.51. The van der Waals surface area contributed by atoms with Crippen molar-refractivity contribution in [2.75, 3.05) is 13.7 Å². The molecule has 0 aliphatic rings. The van der Waals surface area contributed by atoms with E-state index in [9.17, 15) is 0 Å². The van der Waals surface area contributed by atoms with Gasteiger partial charge in [0.25, 0.3) is 0 Å². The summed E-state index contributed by atoms with van der Waals surface area (Å²) in [6, 6.07) is 4.03. The second kappa shape index (κ2) is 6.11. The first-order chi connectivity index (χ1) is 7.58. The Bertz CT molecular complexity index is 353. The molecule has 0 amide bonds. The maximum absolute atomic E-state index is 5.79. The molecule has 90 valence electrons. The first kappa shape index (κ1) is 13.3. The van der Waals surface area contributed by atoms with Gasteiger partial charge in [-0.05, 0) is 38.0 Å². The SMILES string of the molecule is CCOc1cc(Br)c(CC(C)N)cc1OC. The van der Waals surface area contributed by atoms with Crippen LogP contribution < -0.4 is 15.2 Å². The Hall–Kier alpha value is -0.740. The molecule has 4 heteroatoms. The molecule has 1 atom stereocenters. The van der Waals surface area contributed by atoms with E-state index in [-0.39, 0.29) is 6.04 Å². The van der Waals surface area contributed by atoms with Crippen LogP contribution in [0.4, 0.5) is 0 Å². The quantitative estimate of drug-likeness (QED) is 0.906. The predicted molar refractivity (Wildman–Crippen MR) is 69.2 cm³/mol. The smallest absolute Gasteiger partial charge is 0.162 e. The predicted octanol–water partition coefficient (Wildman–Crippen LogP) is 2.75. The summed E-state index contributed by atoms with van der Waals surface area (Å²) in [5.41, 5.74) is 6.92. The molecule has 0 saturated carbocycles. The zero-order valence-corrected chi connectivity index (χ0v) is 11.5. The number of hydrogen-bond donors (Lipinski definition) is 1. The summed E-state index contributed by atoms with van der Waals surface area (Å²) >= 11 is 3.52. The molecule has 0 heterocycles. The average molecular weight is 288 g/mol. The molecule has 0 aromatic heterocycles. The van der Waals surface area contributed by atoms with Crippen LogP contribution in [0.2, 0.25) is 0 Å². The van der Waals surface area contributed by atoms with Gasteiger partial charge >= 0.3 is 0 Å². The Labute approximate surface area is 105 Å². The maximum Gasteiger partial charge on any atom is 0.162 e. The minimum absolute atomic E-state index is 0.124. The van der Waals surface area contributed by atoms with E-state index in [0.29, 0.717) is 6.61 Å². The maximum atomic E-state index is 5.79. The lowest BCUT2D eigenvalue weighted by Gasteiger charge is -2.14. The van der Waals surface area contributed by atoms with Crippen LogP contribution in [0.3, 0.4) is 0 Å². The van der Waals surface area contributed by atoms with Crippen molar-refractivity contribution in [1.82, 2.24) is 0 Å². The molecule has 1 aromatic carbocycles. The van der Waals surface area contributed by atoms with Gasteiger partial charge in [-0.2, -0.15) is 0 Å². The minimum Gasteiger partial charge on any atom is -0.493 e. The highest BCUT2D eigenvalue weighted by atomic mass is 79.9. The molecule has 2 N–H and O–H groups in total. The molecular weight excluding hydrogens is 270 g/mol. The Morgan fingerprint density at radius 2 is 2.06 bits per heavy atom. The standard InChI is InChI=1S/C12H18BrNO2/c1-4-16-12-7-10(13)9(5-8(2)14)6-11(12)15-3/h6-8H,4-5,14H2,1-3H3. The number of rotatable bonds is 5. The van der Waals surface area contributed by atoms with Crippen molar-refractivity contribution in [3.05, 3.63) is 22.2 Å². The van der Waals surface area contributed by atoms with E-state index in [1.54, 1.807) is 7.11 Å². The van der Waals surface area contributed by atoms with Gasteiger partial charge in [-0.15, -0.1) is 0 Å². The van der Waals surface area contributed by atoms with Crippen molar-refractivity contribution in [2.24, 2.45) is 5.73 Å². The molecule has 0 spiro atoms. The lowest BCUT2D eigenvalue weighted by Crippen LogP contribution is -2.18. The van der Waals surface area contributed by atoms with Gasteiger partial charge < -0.3 is 15.2 Å². The summed E-state index contributed by atoms with van der Waals surface area (Å²) in [4.78, 5) is 0. The summed E-state index contributed by atoms with van der Waals surface area (Å²) in [5, 5.41) is 0. The Morgan fingerprint density at radius 1 is 1.38 bits per heavy atom. The van der Waals surface area contributed by atoms with E-state index in [0.717, 1.165) is 28.0 Å². The number of benzene rings is 1. The fourth-order valence-corrected chi connectivity index (χ4v) is 1.99. The molecule has 0 fully saturated rings.